The van der Waals surface area contributed by atoms with Crippen LogP contribution in [0, 0.1) is 11.3 Å². The fourth-order valence-corrected chi connectivity index (χ4v) is 3.40. The summed E-state index contributed by atoms with van der Waals surface area (Å²) in [5.74, 6) is 1.32. The number of allylic oxidation sites excluding steroid dienone is 1. The van der Waals surface area contributed by atoms with Gasteiger partial charge < -0.3 is 9.47 Å². The first-order valence-electron chi connectivity index (χ1n) is 7.16. The van der Waals surface area contributed by atoms with E-state index >= 15 is 0 Å². The third-order valence-corrected chi connectivity index (χ3v) is 4.67. The van der Waals surface area contributed by atoms with E-state index in [9.17, 15) is 10.1 Å². The van der Waals surface area contributed by atoms with Crippen LogP contribution in [0.2, 0.25) is 0 Å². The lowest BCUT2D eigenvalue weighted by Crippen LogP contribution is -2.07. The Morgan fingerprint density at radius 2 is 2.04 bits per heavy atom. The van der Waals surface area contributed by atoms with Gasteiger partial charge in [0.2, 0.25) is 6.79 Å². The average molecular weight is 334 g/mol. The number of nitrogens with zero attached hydrogens (tertiary/aromatic N) is 2. The number of hydrogen-bond donors (Lipinski definition) is 0. The molecule has 0 amide bonds. The normalized spacial score (nSPS) is 13.0. The Morgan fingerprint density at radius 3 is 2.92 bits per heavy atom. The second-order valence-corrected chi connectivity index (χ2v) is 6.13. The van der Waals surface area contributed by atoms with E-state index in [-0.39, 0.29) is 12.4 Å². The van der Waals surface area contributed by atoms with E-state index in [2.05, 4.69) is 11.1 Å². The summed E-state index contributed by atoms with van der Waals surface area (Å²) in [7, 11) is 0. The zero-order valence-corrected chi connectivity index (χ0v) is 13.2. The maximum Gasteiger partial charge on any atom is 0.279 e. The van der Waals surface area contributed by atoms with Gasteiger partial charge in [0.05, 0.1) is 11.0 Å². The predicted octanol–water partition coefficient (Wildman–Crippen LogP) is 3.45. The van der Waals surface area contributed by atoms with Gasteiger partial charge >= 0.3 is 0 Å². The summed E-state index contributed by atoms with van der Waals surface area (Å²) in [6.45, 7) is 0.196. The van der Waals surface area contributed by atoms with Crippen molar-refractivity contribution in [3.8, 4) is 17.6 Å². The van der Waals surface area contributed by atoms with Crippen molar-refractivity contribution in [2.45, 2.75) is 0 Å². The van der Waals surface area contributed by atoms with Crippen molar-refractivity contribution in [3.05, 3.63) is 63.4 Å². The molecule has 0 saturated carbocycles. The third-order valence-electron chi connectivity index (χ3n) is 3.59. The minimum atomic E-state index is -0.328. The largest absolute Gasteiger partial charge is 0.454 e. The van der Waals surface area contributed by atoms with Gasteiger partial charge in [-0.2, -0.15) is 10.2 Å². The highest BCUT2D eigenvalue weighted by molar-refractivity contribution is 7.19. The minimum absolute atomic E-state index is 0.196. The molecule has 0 bridgehead atoms. The molecule has 0 radical (unpaired) electrons. The molecule has 24 heavy (non-hydrogen) atoms. The molecule has 0 atom stereocenters. The summed E-state index contributed by atoms with van der Waals surface area (Å²) < 4.78 is 11.4. The van der Waals surface area contributed by atoms with Gasteiger partial charge in [0, 0.05) is 4.70 Å². The Bertz CT molecular complexity index is 1080. The molecule has 1 aliphatic rings. The topological polar surface area (TPSA) is 72.2 Å². The SMILES string of the molecule is N#CC(=Cc1ccc2c(c1)OCO2)c1nc(=O)c2ccccc2s1. The van der Waals surface area contributed by atoms with E-state index in [1.54, 1.807) is 30.3 Å². The number of ether oxygens (including phenoxy) is 2. The van der Waals surface area contributed by atoms with E-state index in [0.717, 1.165) is 10.3 Å². The highest BCUT2D eigenvalue weighted by Gasteiger charge is 2.14. The van der Waals surface area contributed by atoms with Gasteiger partial charge in [-0.15, -0.1) is 11.3 Å². The molecule has 0 unspecified atom stereocenters. The van der Waals surface area contributed by atoms with Crippen LogP contribution < -0.4 is 15.0 Å². The van der Waals surface area contributed by atoms with Crippen molar-refractivity contribution >= 4 is 33.1 Å². The molecule has 2 heterocycles. The van der Waals surface area contributed by atoms with Crippen LogP contribution in [0.15, 0.2) is 47.3 Å². The molecule has 5 nitrogen and oxygen atoms in total. The van der Waals surface area contributed by atoms with Crippen molar-refractivity contribution in [1.82, 2.24) is 4.98 Å². The molecule has 0 N–H and O–H groups in total. The summed E-state index contributed by atoms with van der Waals surface area (Å²) in [6, 6.07) is 14.8. The molecule has 4 rings (SSSR count). The Hall–Kier alpha value is -3.17. The van der Waals surface area contributed by atoms with Crippen LogP contribution in [0.4, 0.5) is 0 Å². The van der Waals surface area contributed by atoms with Crippen molar-refractivity contribution in [2.24, 2.45) is 0 Å². The lowest BCUT2D eigenvalue weighted by molar-refractivity contribution is 0.174. The standard InChI is InChI=1S/C18H10N2O3S/c19-9-12(7-11-5-6-14-15(8-11)23-10-22-14)18-20-17(21)13-3-1-2-4-16(13)24-18/h1-8H,10H2. The molecule has 0 fully saturated rings. The Morgan fingerprint density at radius 1 is 1.21 bits per heavy atom. The van der Waals surface area contributed by atoms with Crippen molar-refractivity contribution in [2.75, 3.05) is 6.79 Å². The first-order chi connectivity index (χ1) is 11.7. The molecular weight excluding hydrogens is 324 g/mol. The van der Waals surface area contributed by atoms with E-state index in [4.69, 9.17) is 9.47 Å². The van der Waals surface area contributed by atoms with Crippen LogP contribution in [0.3, 0.4) is 0 Å². The van der Waals surface area contributed by atoms with Gasteiger partial charge in [0.1, 0.15) is 11.1 Å². The zero-order chi connectivity index (χ0) is 16.5. The molecule has 0 aliphatic carbocycles. The predicted molar refractivity (Wildman–Crippen MR) is 91.9 cm³/mol. The second kappa shape index (κ2) is 5.80. The number of hydrogen-bond acceptors (Lipinski definition) is 6. The molecule has 2 aromatic carbocycles. The number of aromatic nitrogens is 1. The highest BCUT2D eigenvalue weighted by atomic mass is 32.1. The quantitative estimate of drug-likeness (QED) is 0.671. The Balaban J connectivity index is 1.81. The summed E-state index contributed by atoms with van der Waals surface area (Å²) in [5.41, 5.74) is 0.790. The van der Waals surface area contributed by atoms with Crippen molar-refractivity contribution in [1.29, 1.82) is 5.26 Å². The second-order valence-electron chi connectivity index (χ2n) is 5.10. The van der Waals surface area contributed by atoms with Gasteiger partial charge in [-0.3, -0.25) is 4.79 Å². The summed E-state index contributed by atoms with van der Waals surface area (Å²) >= 11 is 1.32. The maximum atomic E-state index is 12.1. The minimum Gasteiger partial charge on any atom is -0.454 e. The molecule has 0 spiro atoms. The molecule has 116 valence electrons. The van der Waals surface area contributed by atoms with E-state index < -0.39 is 0 Å². The van der Waals surface area contributed by atoms with Gasteiger partial charge in [0.15, 0.2) is 11.5 Å². The van der Waals surface area contributed by atoms with Crippen LogP contribution >= 0.6 is 11.3 Å². The molecule has 1 aliphatic heterocycles. The number of benzene rings is 2. The van der Waals surface area contributed by atoms with Crippen LogP contribution in [-0.2, 0) is 0 Å². The fraction of sp³-hybridized carbons (Fsp3) is 0.0556. The number of nitriles is 1. The third kappa shape index (κ3) is 2.51. The van der Waals surface area contributed by atoms with Gasteiger partial charge in [0.25, 0.3) is 5.56 Å². The van der Waals surface area contributed by atoms with Crippen LogP contribution in [-0.4, -0.2) is 11.8 Å². The monoisotopic (exact) mass is 334 g/mol. The van der Waals surface area contributed by atoms with E-state index in [1.165, 1.54) is 11.3 Å². The Labute approximate surface area is 141 Å². The van der Waals surface area contributed by atoms with Crippen LogP contribution in [0.5, 0.6) is 11.5 Å². The number of rotatable bonds is 2. The highest BCUT2D eigenvalue weighted by Crippen LogP contribution is 2.33. The molecular formula is C18H10N2O3S. The Kier molecular flexibility index (Phi) is 3.48. The van der Waals surface area contributed by atoms with Crippen molar-refractivity contribution < 1.29 is 9.47 Å². The number of fused-ring (bicyclic) bond motifs is 2. The first-order valence-corrected chi connectivity index (χ1v) is 7.98. The van der Waals surface area contributed by atoms with E-state index in [0.29, 0.717) is 27.5 Å². The summed E-state index contributed by atoms with van der Waals surface area (Å²) in [4.78, 5) is 16.2. The smallest absolute Gasteiger partial charge is 0.279 e. The van der Waals surface area contributed by atoms with Crippen LogP contribution in [0.25, 0.3) is 21.7 Å². The molecule has 1 aromatic heterocycles. The molecule has 6 heteroatoms. The average Bonchev–Trinajstić information content (AvgIpc) is 3.07. The molecule has 0 saturated heterocycles. The van der Waals surface area contributed by atoms with Crippen molar-refractivity contribution in [3.63, 3.8) is 0 Å². The van der Waals surface area contributed by atoms with Gasteiger partial charge in [-0.1, -0.05) is 18.2 Å². The van der Waals surface area contributed by atoms with Crippen LogP contribution in [0.1, 0.15) is 10.6 Å². The van der Waals surface area contributed by atoms with Gasteiger partial charge in [-0.05, 0) is 35.9 Å². The fourth-order valence-electron chi connectivity index (χ4n) is 2.44. The van der Waals surface area contributed by atoms with Gasteiger partial charge in [-0.25, -0.2) is 0 Å². The lowest BCUT2D eigenvalue weighted by Gasteiger charge is -2.01. The lowest BCUT2D eigenvalue weighted by atomic mass is 10.1. The zero-order valence-electron chi connectivity index (χ0n) is 12.4. The summed E-state index contributed by atoms with van der Waals surface area (Å²) in [6.07, 6.45) is 1.69. The first kappa shape index (κ1) is 14.4. The molecule has 3 aromatic rings. The van der Waals surface area contributed by atoms with E-state index in [1.807, 2.05) is 18.2 Å². The summed E-state index contributed by atoms with van der Waals surface area (Å²) in [5, 5.41) is 10.5. The maximum absolute atomic E-state index is 12.1.